The molecule has 2 aromatic heterocycles. The standard InChI is InChI=1S/C17H16N6O3/c1-18-11-6-19-15-14(11)21-8-22-16(15)17(25)20-5-9-2-3-12-10(4-9)23-13(24)7-26-12/h2-4,6,8,18-19H,5,7H2,1H3,(H,20,25)(H,23,24). The number of hydrogen-bond acceptors (Lipinski definition) is 6. The molecule has 132 valence electrons. The zero-order chi connectivity index (χ0) is 18.1. The summed E-state index contributed by atoms with van der Waals surface area (Å²) in [5, 5.41) is 8.58. The first-order valence-corrected chi connectivity index (χ1v) is 7.99. The van der Waals surface area contributed by atoms with Gasteiger partial charge < -0.3 is 25.7 Å². The van der Waals surface area contributed by atoms with Crippen molar-refractivity contribution in [2.75, 3.05) is 24.3 Å². The number of aromatic nitrogens is 3. The van der Waals surface area contributed by atoms with Gasteiger partial charge in [-0.25, -0.2) is 9.97 Å². The van der Waals surface area contributed by atoms with Crippen LogP contribution in [0.25, 0.3) is 11.0 Å². The molecule has 0 saturated heterocycles. The Balaban J connectivity index is 1.52. The highest BCUT2D eigenvalue weighted by Gasteiger charge is 2.18. The minimum atomic E-state index is -0.320. The van der Waals surface area contributed by atoms with Gasteiger partial charge in [0.1, 0.15) is 17.6 Å². The predicted molar refractivity (Wildman–Crippen MR) is 95.2 cm³/mol. The fourth-order valence-corrected chi connectivity index (χ4v) is 2.81. The van der Waals surface area contributed by atoms with Gasteiger partial charge in [-0.2, -0.15) is 0 Å². The first-order chi connectivity index (χ1) is 12.7. The van der Waals surface area contributed by atoms with E-state index in [4.69, 9.17) is 4.74 Å². The van der Waals surface area contributed by atoms with Crippen LogP contribution in [0.5, 0.6) is 5.75 Å². The molecule has 1 aliphatic heterocycles. The number of rotatable bonds is 4. The number of nitrogens with zero attached hydrogens (tertiary/aromatic N) is 2. The van der Waals surface area contributed by atoms with Crippen LogP contribution in [0.1, 0.15) is 16.1 Å². The van der Waals surface area contributed by atoms with Crippen LogP contribution in [0.3, 0.4) is 0 Å². The average Bonchev–Trinajstić information content (AvgIpc) is 3.09. The maximum Gasteiger partial charge on any atom is 0.272 e. The molecule has 1 aliphatic rings. The maximum atomic E-state index is 12.5. The van der Waals surface area contributed by atoms with Gasteiger partial charge in [-0.05, 0) is 17.7 Å². The summed E-state index contributed by atoms with van der Waals surface area (Å²) in [7, 11) is 1.78. The Labute approximate surface area is 148 Å². The third kappa shape index (κ3) is 2.79. The summed E-state index contributed by atoms with van der Waals surface area (Å²) >= 11 is 0. The molecule has 26 heavy (non-hydrogen) atoms. The minimum Gasteiger partial charge on any atom is -0.482 e. The van der Waals surface area contributed by atoms with E-state index in [1.54, 1.807) is 25.4 Å². The van der Waals surface area contributed by atoms with Gasteiger partial charge in [0, 0.05) is 19.8 Å². The molecule has 0 unspecified atom stereocenters. The van der Waals surface area contributed by atoms with Crippen LogP contribution in [-0.2, 0) is 11.3 Å². The molecule has 9 heteroatoms. The topological polar surface area (TPSA) is 121 Å². The van der Waals surface area contributed by atoms with E-state index >= 15 is 0 Å². The molecule has 4 N–H and O–H groups in total. The molecule has 1 aromatic carbocycles. The van der Waals surface area contributed by atoms with Crippen molar-refractivity contribution >= 4 is 34.2 Å². The molecule has 0 atom stereocenters. The van der Waals surface area contributed by atoms with Crippen LogP contribution in [0, 0.1) is 0 Å². The Kier molecular flexibility index (Phi) is 3.88. The highest BCUT2D eigenvalue weighted by atomic mass is 16.5. The van der Waals surface area contributed by atoms with Gasteiger partial charge in [-0.15, -0.1) is 0 Å². The number of H-pyrrole nitrogens is 1. The zero-order valence-corrected chi connectivity index (χ0v) is 13.9. The summed E-state index contributed by atoms with van der Waals surface area (Å²) in [6.45, 7) is 0.296. The smallest absolute Gasteiger partial charge is 0.272 e. The number of hydrogen-bond donors (Lipinski definition) is 4. The molecule has 9 nitrogen and oxygen atoms in total. The van der Waals surface area contributed by atoms with Crippen LogP contribution in [0.15, 0.2) is 30.7 Å². The Hall–Kier alpha value is -3.62. The molecule has 0 radical (unpaired) electrons. The van der Waals surface area contributed by atoms with Gasteiger partial charge in [0.2, 0.25) is 0 Å². The van der Waals surface area contributed by atoms with Crippen LogP contribution in [-0.4, -0.2) is 40.4 Å². The van der Waals surface area contributed by atoms with Crippen LogP contribution in [0.2, 0.25) is 0 Å². The zero-order valence-electron chi connectivity index (χ0n) is 13.9. The van der Waals surface area contributed by atoms with Crippen molar-refractivity contribution in [2.45, 2.75) is 6.54 Å². The summed E-state index contributed by atoms with van der Waals surface area (Å²) in [5.74, 6) is 0.0946. The lowest BCUT2D eigenvalue weighted by Crippen LogP contribution is -2.26. The first kappa shape index (κ1) is 15.9. The minimum absolute atomic E-state index is 0.0115. The molecule has 0 bridgehead atoms. The molecular formula is C17H16N6O3. The molecule has 0 saturated carbocycles. The number of carbonyl (C=O) groups is 2. The molecule has 0 fully saturated rings. The van der Waals surface area contributed by atoms with E-state index in [1.165, 1.54) is 6.33 Å². The molecule has 4 rings (SSSR count). The summed E-state index contributed by atoms with van der Waals surface area (Å²) in [6, 6.07) is 5.37. The normalized spacial score (nSPS) is 12.9. The highest BCUT2D eigenvalue weighted by molar-refractivity contribution is 6.05. The van der Waals surface area contributed by atoms with Crippen LogP contribution in [0.4, 0.5) is 11.4 Å². The van der Waals surface area contributed by atoms with E-state index in [0.717, 1.165) is 11.3 Å². The van der Waals surface area contributed by atoms with Crippen molar-refractivity contribution in [3.05, 3.63) is 42.0 Å². The monoisotopic (exact) mass is 352 g/mol. The number of ether oxygens (including phenoxy) is 1. The molecule has 3 aromatic rings. The SMILES string of the molecule is CNc1c[nH]c2c(C(=O)NCc3ccc4c(c3)NC(=O)CO4)ncnc12. The molecule has 0 spiro atoms. The lowest BCUT2D eigenvalue weighted by Gasteiger charge is -2.18. The van der Waals surface area contributed by atoms with Gasteiger partial charge in [0.15, 0.2) is 12.3 Å². The Morgan fingerprint density at radius 1 is 1.35 bits per heavy atom. The Bertz CT molecular complexity index is 1010. The predicted octanol–water partition coefficient (Wildman–Crippen LogP) is 1.26. The van der Waals surface area contributed by atoms with Crippen molar-refractivity contribution in [2.24, 2.45) is 0 Å². The van der Waals surface area contributed by atoms with Gasteiger partial charge in [-0.1, -0.05) is 6.07 Å². The first-order valence-electron chi connectivity index (χ1n) is 7.99. The van der Waals surface area contributed by atoms with E-state index in [1.807, 2.05) is 6.07 Å². The second-order valence-corrected chi connectivity index (χ2v) is 5.75. The van der Waals surface area contributed by atoms with Crippen LogP contribution < -0.4 is 20.7 Å². The number of aromatic amines is 1. The van der Waals surface area contributed by atoms with Crippen molar-refractivity contribution in [1.29, 1.82) is 0 Å². The summed E-state index contributed by atoms with van der Waals surface area (Å²) in [6.07, 6.45) is 3.10. The maximum absolute atomic E-state index is 12.5. The largest absolute Gasteiger partial charge is 0.482 e. The number of benzene rings is 1. The summed E-state index contributed by atoms with van der Waals surface area (Å²) < 4.78 is 5.32. The van der Waals surface area contributed by atoms with Crippen LogP contribution >= 0.6 is 0 Å². The van der Waals surface area contributed by atoms with Crippen molar-refractivity contribution in [3.8, 4) is 5.75 Å². The summed E-state index contributed by atoms with van der Waals surface area (Å²) in [4.78, 5) is 35.2. The third-order valence-electron chi connectivity index (χ3n) is 4.08. The van der Waals surface area contributed by atoms with Crippen molar-refractivity contribution in [1.82, 2.24) is 20.3 Å². The quantitative estimate of drug-likeness (QED) is 0.561. The van der Waals surface area contributed by atoms with E-state index in [-0.39, 0.29) is 30.7 Å². The highest BCUT2D eigenvalue weighted by Crippen LogP contribution is 2.28. The van der Waals surface area contributed by atoms with E-state index < -0.39 is 0 Å². The van der Waals surface area contributed by atoms with Gasteiger partial charge in [0.05, 0.1) is 16.9 Å². The Morgan fingerprint density at radius 2 is 2.23 bits per heavy atom. The Morgan fingerprint density at radius 3 is 3.08 bits per heavy atom. The fourth-order valence-electron chi connectivity index (χ4n) is 2.81. The van der Waals surface area contributed by atoms with Gasteiger partial charge in [0.25, 0.3) is 11.8 Å². The number of carbonyl (C=O) groups excluding carboxylic acids is 2. The molecular weight excluding hydrogens is 336 g/mol. The lowest BCUT2D eigenvalue weighted by molar-refractivity contribution is -0.118. The second kappa shape index (κ2) is 6.36. The molecule has 2 amide bonds. The lowest BCUT2D eigenvalue weighted by atomic mass is 10.1. The van der Waals surface area contributed by atoms with Gasteiger partial charge in [-0.3, -0.25) is 9.59 Å². The fraction of sp³-hybridized carbons (Fsp3) is 0.176. The number of amides is 2. The summed E-state index contributed by atoms with van der Waals surface area (Å²) in [5.41, 5.74) is 3.71. The molecule has 0 aliphatic carbocycles. The van der Waals surface area contributed by atoms with E-state index in [0.29, 0.717) is 22.5 Å². The van der Waals surface area contributed by atoms with Gasteiger partial charge >= 0.3 is 0 Å². The number of fused-ring (bicyclic) bond motifs is 2. The van der Waals surface area contributed by atoms with Crippen molar-refractivity contribution < 1.29 is 14.3 Å². The van der Waals surface area contributed by atoms with E-state index in [2.05, 4.69) is 30.9 Å². The number of anilines is 2. The number of nitrogens with one attached hydrogen (secondary N) is 4. The van der Waals surface area contributed by atoms with Crippen molar-refractivity contribution in [3.63, 3.8) is 0 Å². The average molecular weight is 352 g/mol. The third-order valence-corrected chi connectivity index (χ3v) is 4.08. The molecule has 3 heterocycles. The second-order valence-electron chi connectivity index (χ2n) is 5.75. The van der Waals surface area contributed by atoms with E-state index in [9.17, 15) is 9.59 Å².